The first-order valence-corrected chi connectivity index (χ1v) is 6.26. The molecule has 2 aromatic heterocycles. The first-order valence-electron chi connectivity index (χ1n) is 5.44. The van der Waals surface area contributed by atoms with Gasteiger partial charge in [0, 0.05) is 17.6 Å². The molecule has 0 radical (unpaired) electrons. The van der Waals surface area contributed by atoms with Crippen LogP contribution in [0.4, 0.5) is 0 Å². The van der Waals surface area contributed by atoms with Crippen LogP contribution in [0.3, 0.4) is 0 Å². The van der Waals surface area contributed by atoms with Gasteiger partial charge in [-0.2, -0.15) is 0 Å². The molecular formula is C10H14N6OS. The van der Waals surface area contributed by atoms with Gasteiger partial charge in [-0.1, -0.05) is 5.21 Å². The van der Waals surface area contributed by atoms with Gasteiger partial charge in [0.2, 0.25) is 5.91 Å². The Bertz CT molecular complexity index is 534. The zero-order valence-electron chi connectivity index (χ0n) is 9.96. The van der Waals surface area contributed by atoms with Crippen molar-refractivity contribution in [1.29, 1.82) is 0 Å². The second-order valence-corrected chi connectivity index (χ2v) is 5.05. The third-order valence-electron chi connectivity index (χ3n) is 2.23. The summed E-state index contributed by atoms with van der Waals surface area (Å²) in [4.78, 5) is 16.8. The van der Waals surface area contributed by atoms with Crippen molar-refractivity contribution in [1.82, 2.24) is 25.3 Å². The molecule has 0 aliphatic heterocycles. The molecule has 0 fully saturated rings. The second-order valence-electron chi connectivity index (χ2n) is 3.73. The number of amides is 1. The lowest BCUT2D eigenvalue weighted by Crippen LogP contribution is -2.27. The van der Waals surface area contributed by atoms with Crippen molar-refractivity contribution in [3.05, 3.63) is 28.0 Å². The average Bonchev–Trinajstić information content (AvgIpc) is 2.95. The van der Waals surface area contributed by atoms with Crippen molar-refractivity contribution in [2.24, 2.45) is 5.73 Å². The molecular weight excluding hydrogens is 252 g/mol. The minimum absolute atomic E-state index is 0.116. The van der Waals surface area contributed by atoms with Gasteiger partial charge in [-0.25, -0.2) is 9.67 Å². The molecule has 18 heavy (non-hydrogen) atoms. The van der Waals surface area contributed by atoms with E-state index in [-0.39, 0.29) is 12.5 Å². The quantitative estimate of drug-likeness (QED) is 0.782. The molecule has 0 bridgehead atoms. The van der Waals surface area contributed by atoms with Crippen molar-refractivity contribution in [2.75, 3.05) is 0 Å². The number of hydrogen-bond donors (Lipinski definition) is 2. The van der Waals surface area contributed by atoms with E-state index in [4.69, 9.17) is 5.73 Å². The van der Waals surface area contributed by atoms with E-state index in [0.29, 0.717) is 18.8 Å². The van der Waals surface area contributed by atoms with Gasteiger partial charge in [-0.15, -0.1) is 16.4 Å². The van der Waals surface area contributed by atoms with E-state index in [9.17, 15) is 4.79 Å². The van der Waals surface area contributed by atoms with Crippen molar-refractivity contribution < 1.29 is 4.79 Å². The SMILES string of the molecule is Cc1ncc(CNC(=O)Cn2cc(CN)nn2)s1. The predicted octanol–water partition coefficient (Wildman–Crippen LogP) is -0.182. The van der Waals surface area contributed by atoms with Gasteiger partial charge in [-0.05, 0) is 6.92 Å². The van der Waals surface area contributed by atoms with Crippen LogP contribution in [-0.4, -0.2) is 25.9 Å². The van der Waals surface area contributed by atoms with Crippen LogP contribution >= 0.6 is 11.3 Å². The number of nitrogens with zero attached hydrogens (tertiary/aromatic N) is 4. The summed E-state index contributed by atoms with van der Waals surface area (Å²) in [6, 6.07) is 0. The van der Waals surface area contributed by atoms with Crippen LogP contribution in [0.1, 0.15) is 15.6 Å². The minimum Gasteiger partial charge on any atom is -0.350 e. The molecule has 1 amide bonds. The molecule has 0 aliphatic rings. The van der Waals surface area contributed by atoms with Gasteiger partial charge >= 0.3 is 0 Å². The highest BCUT2D eigenvalue weighted by Crippen LogP contribution is 2.10. The predicted molar refractivity (Wildman–Crippen MR) is 66.6 cm³/mol. The van der Waals surface area contributed by atoms with Gasteiger partial charge in [0.25, 0.3) is 0 Å². The van der Waals surface area contributed by atoms with Crippen molar-refractivity contribution in [3.8, 4) is 0 Å². The number of nitrogens with two attached hydrogens (primary N) is 1. The summed E-state index contributed by atoms with van der Waals surface area (Å²) in [5.74, 6) is -0.116. The number of thiazole rings is 1. The molecule has 0 saturated carbocycles. The molecule has 2 aromatic rings. The van der Waals surface area contributed by atoms with Crippen LogP contribution in [0.15, 0.2) is 12.4 Å². The highest BCUT2D eigenvalue weighted by molar-refractivity contribution is 7.11. The summed E-state index contributed by atoms with van der Waals surface area (Å²) in [6.07, 6.45) is 3.43. The number of hydrogen-bond acceptors (Lipinski definition) is 6. The van der Waals surface area contributed by atoms with Crippen LogP contribution < -0.4 is 11.1 Å². The van der Waals surface area contributed by atoms with E-state index >= 15 is 0 Å². The maximum Gasteiger partial charge on any atom is 0.242 e. The molecule has 0 spiro atoms. The smallest absolute Gasteiger partial charge is 0.242 e. The highest BCUT2D eigenvalue weighted by atomic mass is 32.1. The number of carbonyl (C=O) groups excluding carboxylic acids is 1. The zero-order chi connectivity index (χ0) is 13.0. The molecule has 0 saturated heterocycles. The van der Waals surface area contributed by atoms with Crippen molar-refractivity contribution in [2.45, 2.75) is 26.6 Å². The summed E-state index contributed by atoms with van der Waals surface area (Å²) >= 11 is 1.57. The standard InChI is InChI=1S/C10H14N6OS/c1-7-12-3-9(18-7)4-13-10(17)6-16-5-8(2-11)14-15-16/h3,5H,2,4,6,11H2,1H3,(H,13,17). The van der Waals surface area contributed by atoms with Gasteiger partial charge in [-0.3, -0.25) is 4.79 Å². The molecule has 0 aromatic carbocycles. The first-order chi connectivity index (χ1) is 8.67. The number of aromatic nitrogens is 4. The second kappa shape index (κ2) is 5.69. The van der Waals surface area contributed by atoms with Gasteiger partial charge in [0.05, 0.1) is 23.4 Å². The topological polar surface area (TPSA) is 98.7 Å². The summed E-state index contributed by atoms with van der Waals surface area (Å²) in [7, 11) is 0. The monoisotopic (exact) mass is 266 g/mol. The van der Waals surface area contributed by atoms with E-state index in [1.165, 1.54) is 4.68 Å². The third kappa shape index (κ3) is 3.34. The Morgan fingerprint density at radius 2 is 2.44 bits per heavy atom. The fraction of sp³-hybridized carbons (Fsp3) is 0.400. The molecule has 7 nitrogen and oxygen atoms in total. The Morgan fingerprint density at radius 3 is 3.06 bits per heavy atom. The summed E-state index contributed by atoms with van der Waals surface area (Å²) in [5, 5.41) is 11.4. The lowest BCUT2D eigenvalue weighted by atomic mass is 10.4. The van der Waals surface area contributed by atoms with Crippen molar-refractivity contribution >= 4 is 17.2 Å². The normalized spacial score (nSPS) is 10.6. The van der Waals surface area contributed by atoms with Crippen LogP contribution in [0.2, 0.25) is 0 Å². The Kier molecular flexibility index (Phi) is 4.00. The van der Waals surface area contributed by atoms with E-state index in [2.05, 4.69) is 20.6 Å². The summed E-state index contributed by atoms with van der Waals surface area (Å²) in [5.41, 5.74) is 6.08. The zero-order valence-corrected chi connectivity index (χ0v) is 10.8. The van der Waals surface area contributed by atoms with Gasteiger partial charge in [0.15, 0.2) is 0 Å². The molecule has 3 N–H and O–H groups in total. The number of nitrogens with one attached hydrogen (secondary N) is 1. The van der Waals surface area contributed by atoms with Crippen LogP contribution in [0.25, 0.3) is 0 Å². The Morgan fingerprint density at radius 1 is 1.61 bits per heavy atom. The third-order valence-corrected chi connectivity index (χ3v) is 3.14. The number of aryl methyl sites for hydroxylation is 1. The lowest BCUT2D eigenvalue weighted by Gasteiger charge is -2.02. The first kappa shape index (κ1) is 12.7. The molecule has 2 rings (SSSR count). The highest BCUT2D eigenvalue weighted by Gasteiger charge is 2.06. The fourth-order valence-corrected chi connectivity index (χ4v) is 2.12. The molecule has 96 valence electrons. The van der Waals surface area contributed by atoms with Crippen LogP contribution in [0.5, 0.6) is 0 Å². The molecule has 0 atom stereocenters. The number of carbonyl (C=O) groups is 1. The Labute approximate surface area is 108 Å². The summed E-state index contributed by atoms with van der Waals surface area (Å²) < 4.78 is 1.47. The molecule has 0 unspecified atom stereocenters. The summed E-state index contributed by atoms with van der Waals surface area (Å²) in [6.45, 7) is 2.88. The lowest BCUT2D eigenvalue weighted by molar-refractivity contribution is -0.122. The van der Waals surface area contributed by atoms with E-state index in [1.54, 1.807) is 23.7 Å². The maximum absolute atomic E-state index is 11.6. The Balaban J connectivity index is 1.81. The van der Waals surface area contributed by atoms with Crippen LogP contribution in [-0.2, 0) is 24.4 Å². The molecule has 0 aliphatic carbocycles. The van der Waals surface area contributed by atoms with Crippen molar-refractivity contribution in [3.63, 3.8) is 0 Å². The maximum atomic E-state index is 11.6. The van der Waals surface area contributed by atoms with Gasteiger partial charge < -0.3 is 11.1 Å². The molecule has 8 heteroatoms. The number of rotatable bonds is 5. The minimum atomic E-state index is -0.116. The fourth-order valence-electron chi connectivity index (χ4n) is 1.39. The Hall–Kier alpha value is -1.80. The van der Waals surface area contributed by atoms with E-state index in [0.717, 1.165) is 9.88 Å². The average molecular weight is 266 g/mol. The van der Waals surface area contributed by atoms with E-state index in [1.807, 2.05) is 6.92 Å². The van der Waals surface area contributed by atoms with Crippen LogP contribution in [0, 0.1) is 6.92 Å². The molecule has 2 heterocycles. The van der Waals surface area contributed by atoms with Gasteiger partial charge in [0.1, 0.15) is 6.54 Å². The largest absolute Gasteiger partial charge is 0.350 e. The van der Waals surface area contributed by atoms with E-state index < -0.39 is 0 Å².